The van der Waals surface area contributed by atoms with Crippen LogP contribution in [0, 0.1) is 18.3 Å². The van der Waals surface area contributed by atoms with Gasteiger partial charge in [-0.2, -0.15) is 5.26 Å². The molecule has 0 atom stereocenters. The van der Waals surface area contributed by atoms with Crippen LogP contribution in [0.4, 0.5) is 0 Å². The largest absolute Gasteiger partial charge is 1.00 e. The summed E-state index contributed by atoms with van der Waals surface area (Å²) >= 11 is 0. The third-order valence-corrected chi connectivity index (χ3v) is 13.0. The smallest absolute Gasteiger partial charge is 0.193 e. The van der Waals surface area contributed by atoms with Crippen LogP contribution in [0.15, 0.2) is 146 Å². The molecule has 0 N–H and O–H groups in total. The first-order valence-electron chi connectivity index (χ1n) is 15.4. The zero-order valence-electron chi connectivity index (χ0n) is 27.1. The Bertz CT molecular complexity index is 1960. The lowest BCUT2D eigenvalue weighted by molar-refractivity contribution is -0.0000173. The minimum atomic E-state index is -2.30. The number of aryl methyl sites for hydroxylation is 1. The number of carbonyl (C=O) groups excluding carboxylic acids is 1. The summed E-state index contributed by atoms with van der Waals surface area (Å²) < 4.78 is 11.2. The van der Waals surface area contributed by atoms with Crippen molar-refractivity contribution in [3.8, 4) is 28.7 Å². The minimum Gasteiger partial charge on any atom is -1.00 e. The number of halogens is 1. The molecule has 4 nitrogen and oxygen atoms in total. The number of ketones is 1. The van der Waals surface area contributed by atoms with E-state index in [2.05, 4.69) is 110 Å². The molecule has 0 saturated heterocycles. The molecule has 0 aliphatic heterocycles. The van der Waals surface area contributed by atoms with E-state index in [1.165, 1.54) is 15.9 Å². The maximum atomic E-state index is 14.2. The molecule has 0 aromatic heterocycles. The maximum Gasteiger partial charge on any atom is 0.193 e. The Kier molecular flexibility index (Phi) is 10.9. The number of rotatable bonds is 10. The molecule has 6 aromatic carbocycles. The third-order valence-electron chi connectivity index (χ3n) is 8.64. The molecule has 48 heavy (non-hydrogen) atoms. The van der Waals surface area contributed by atoms with Gasteiger partial charge in [0, 0.05) is 16.7 Å². The van der Waals surface area contributed by atoms with Gasteiger partial charge >= 0.3 is 0 Å². The standard InChI is InChI=1S/C42H35NO3P.BrH/c1-30-25-35(46-3)27-33(41(30)39-24-19-31(28-43)26-40(39)42(44)32-20-22-34(45-2)23-21-32)29-47(36-13-7-4-8-14-36,37-15-9-5-10-16-37)38-17-11-6-12-18-38;/h4-27H,29H2,1-3H3;1H/q+1;/p-1. The van der Waals surface area contributed by atoms with E-state index in [9.17, 15) is 10.1 Å². The average Bonchev–Trinajstić information content (AvgIpc) is 3.14. The van der Waals surface area contributed by atoms with E-state index < -0.39 is 7.26 Å². The van der Waals surface area contributed by atoms with Gasteiger partial charge in [-0.15, -0.1) is 0 Å². The van der Waals surface area contributed by atoms with Gasteiger partial charge in [-0.3, -0.25) is 4.79 Å². The molecule has 0 spiro atoms. The summed E-state index contributed by atoms with van der Waals surface area (Å²) in [6.45, 7) is 2.06. The van der Waals surface area contributed by atoms with Crippen LogP contribution < -0.4 is 42.4 Å². The molecule has 0 saturated carbocycles. The predicted molar refractivity (Wildman–Crippen MR) is 193 cm³/mol. The van der Waals surface area contributed by atoms with Gasteiger partial charge < -0.3 is 26.5 Å². The predicted octanol–water partition coefficient (Wildman–Crippen LogP) is 5.28. The summed E-state index contributed by atoms with van der Waals surface area (Å²) in [6, 6.07) is 51.2. The summed E-state index contributed by atoms with van der Waals surface area (Å²) in [6.07, 6.45) is 0.689. The van der Waals surface area contributed by atoms with Crippen molar-refractivity contribution in [3.05, 3.63) is 173 Å². The van der Waals surface area contributed by atoms with Crippen LogP contribution in [0.1, 0.15) is 32.6 Å². The fourth-order valence-corrected chi connectivity index (χ4v) is 10.6. The van der Waals surface area contributed by atoms with Gasteiger partial charge in [0.05, 0.1) is 32.0 Å². The monoisotopic (exact) mass is 711 g/mol. The molecule has 0 heterocycles. The van der Waals surface area contributed by atoms with Gasteiger partial charge in [0.2, 0.25) is 0 Å². The van der Waals surface area contributed by atoms with Crippen molar-refractivity contribution < 1.29 is 31.2 Å². The van der Waals surface area contributed by atoms with E-state index in [1.54, 1.807) is 50.6 Å². The Morgan fingerprint density at radius 2 is 1.19 bits per heavy atom. The summed E-state index contributed by atoms with van der Waals surface area (Å²) in [4.78, 5) is 14.2. The zero-order valence-corrected chi connectivity index (χ0v) is 29.5. The first kappa shape index (κ1) is 34.3. The summed E-state index contributed by atoms with van der Waals surface area (Å²) in [5.74, 6) is 1.27. The number of methoxy groups -OCH3 is 2. The van der Waals surface area contributed by atoms with Gasteiger partial charge in [0.1, 0.15) is 34.7 Å². The van der Waals surface area contributed by atoms with Crippen molar-refractivity contribution in [3.63, 3.8) is 0 Å². The van der Waals surface area contributed by atoms with Crippen LogP contribution >= 0.6 is 7.26 Å². The number of nitrogens with zero attached hydrogens (tertiary/aromatic N) is 1. The molecule has 0 unspecified atom stereocenters. The van der Waals surface area contributed by atoms with E-state index in [0.717, 1.165) is 28.0 Å². The van der Waals surface area contributed by atoms with E-state index in [-0.39, 0.29) is 22.8 Å². The van der Waals surface area contributed by atoms with Crippen molar-refractivity contribution in [1.29, 1.82) is 5.26 Å². The first-order valence-corrected chi connectivity index (χ1v) is 17.4. The van der Waals surface area contributed by atoms with Crippen molar-refractivity contribution in [2.75, 3.05) is 14.2 Å². The second-order valence-corrected chi connectivity index (χ2v) is 14.9. The van der Waals surface area contributed by atoms with E-state index in [4.69, 9.17) is 9.47 Å². The molecular formula is C42H35BrNO3P. The summed E-state index contributed by atoms with van der Waals surface area (Å²) in [5, 5.41) is 13.6. The van der Waals surface area contributed by atoms with Gasteiger partial charge in [-0.25, -0.2) is 0 Å². The number of benzene rings is 6. The molecule has 6 rings (SSSR count). The van der Waals surface area contributed by atoms with Gasteiger partial charge in [-0.1, -0.05) is 60.7 Å². The highest BCUT2D eigenvalue weighted by atomic mass is 79.9. The third kappa shape index (κ3) is 6.69. The number of nitriles is 1. The minimum absolute atomic E-state index is 0. The van der Waals surface area contributed by atoms with Crippen LogP contribution in [0.3, 0.4) is 0 Å². The highest BCUT2D eigenvalue weighted by Gasteiger charge is 2.46. The van der Waals surface area contributed by atoms with Crippen LogP contribution in [0.25, 0.3) is 11.1 Å². The van der Waals surface area contributed by atoms with Gasteiger partial charge in [-0.05, 0) is 109 Å². The topological polar surface area (TPSA) is 59.3 Å². The van der Waals surface area contributed by atoms with E-state index in [1.807, 2.05) is 12.1 Å². The van der Waals surface area contributed by atoms with Crippen molar-refractivity contribution in [1.82, 2.24) is 0 Å². The van der Waals surface area contributed by atoms with Crippen LogP contribution in [0.5, 0.6) is 11.5 Å². The van der Waals surface area contributed by atoms with Crippen LogP contribution in [-0.4, -0.2) is 20.0 Å². The Balaban J connectivity index is 0.00000451. The lowest BCUT2D eigenvalue weighted by Gasteiger charge is -2.29. The van der Waals surface area contributed by atoms with Crippen molar-refractivity contribution >= 4 is 29.0 Å². The highest BCUT2D eigenvalue weighted by molar-refractivity contribution is 7.95. The number of hydrogen-bond donors (Lipinski definition) is 0. The highest BCUT2D eigenvalue weighted by Crippen LogP contribution is 2.59. The fourth-order valence-electron chi connectivity index (χ4n) is 6.39. The molecular weight excluding hydrogens is 677 g/mol. The fraction of sp³-hybridized carbons (Fsp3) is 0.0952. The molecule has 6 heteroatoms. The summed E-state index contributed by atoms with van der Waals surface area (Å²) in [7, 11) is 0.986. The molecule has 0 radical (unpaired) electrons. The first-order chi connectivity index (χ1) is 23.0. The quantitative estimate of drug-likeness (QED) is 0.143. The van der Waals surface area contributed by atoms with Crippen molar-refractivity contribution in [2.45, 2.75) is 13.1 Å². The Hall–Kier alpha value is -5.01. The Labute approximate surface area is 293 Å². The lowest BCUT2D eigenvalue weighted by Crippen LogP contribution is -3.00. The zero-order chi connectivity index (χ0) is 32.8. The maximum absolute atomic E-state index is 14.2. The molecule has 0 fully saturated rings. The SMILES string of the molecule is COc1ccc(C(=O)c2cc(C#N)ccc2-c2c(C)cc(OC)cc2C[P+](c2ccccc2)(c2ccccc2)c2ccccc2)cc1.[Br-]. The van der Waals surface area contributed by atoms with E-state index in [0.29, 0.717) is 28.6 Å². The molecule has 0 aliphatic rings. The van der Waals surface area contributed by atoms with Gasteiger partial charge in [0.15, 0.2) is 5.78 Å². The molecule has 0 aliphatic carbocycles. The van der Waals surface area contributed by atoms with Crippen molar-refractivity contribution in [2.24, 2.45) is 0 Å². The second-order valence-electron chi connectivity index (χ2n) is 11.4. The Morgan fingerprint density at radius 3 is 1.67 bits per heavy atom. The normalized spacial score (nSPS) is 10.8. The van der Waals surface area contributed by atoms with Gasteiger partial charge in [0.25, 0.3) is 0 Å². The number of hydrogen-bond acceptors (Lipinski definition) is 4. The molecule has 0 amide bonds. The number of carbonyl (C=O) groups is 1. The summed E-state index contributed by atoms with van der Waals surface area (Å²) in [5.41, 5.74) is 5.24. The van der Waals surface area contributed by atoms with Crippen LogP contribution in [-0.2, 0) is 6.16 Å². The molecule has 238 valence electrons. The second kappa shape index (κ2) is 15.3. The lowest BCUT2D eigenvalue weighted by atomic mass is 9.88. The Morgan fingerprint density at radius 1 is 0.667 bits per heavy atom. The number of ether oxygens (including phenoxy) is 2. The average molecular weight is 713 g/mol. The molecule has 0 bridgehead atoms. The van der Waals surface area contributed by atoms with Crippen LogP contribution in [0.2, 0.25) is 0 Å². The van der Waals surface area contributed by atoms with E-state index >= 15 is 0 Å². The molecule has 6 aromatic rings.